The second-order valence-corrected chi connectivity index (χ2v) is 16.2. The summed E-state index contributed by atoms with van der Waals surface area (Å²) in [7, 11) is 0. The number of rotatable bonds is 8. The third-order valence-electron chi connectivity index (χ3n) is 11.7. The van der Waals surface area contributed by atoms with Crippen LogP contribution in [-0.2, 0) is 35.4 Å². The lowest BCUT2D eigenvalue weighted by molar-refractivity contribution is -0.268. The minimum Gasteiger partial charge on any atom is -0.507 e. The number of phenolic OH excluding ortho intramolecular Hbond substituents is 1. The van der Waals surface area contributed by atoms with E-state index in [4.69, 9.17) is 31.4 Å². The fourth-order valence-corrected chi connectivity index (χ4v) is 8.50. The van der Waals surface area contributed by atoms with E-state index in [-0.39, 0.29) is 87.3 Å². The van der Waals surface area contributed by atoms with E-state index in [1.807, 2.05) is 12.1 Å². The quantitative estimate of drug-likeness (QED) is 0.0353. The van der Waals surface area contributed by atoms with Gasteiger partial charge < -0.3 is 62.1 Å². The molecule has 7 rings (SSSR count). The first-order valence-corrected chi connectivity index (χ1v) is 20.7. The zero-order valence-electron chi connectivity index (χ0n) is 35.0. The van der Waals surface area contributed by atoms with Gasteiger partial charge >= 0.3 is 5.97 Å². The molecule has 1 aliphatic heterocycles. The van der Waals surface area contributed by atoms with Crippen molar-refractivity contribution in [2.24, 2.45) is 17.2 Å². The van der Waals surface area contributed by atoms with Crippen LogP contribution in [0.25, 0.3) is 12.2 Å². The second-order valence-electron chi connectivity index (χ2n) is 16.2. The van der Waals surface area contributed by atoms with E-state index in [1.54, 1.807) is 30.3 Å². The fraction of sp³-hybridized carbons (Fsp3) is 0.333. The van der Waals surface area contributed by atoms with E-state index in [0.717, 1.165) is 12.5 Å². The molecule has 16 nitrogen and oxygen atoms in total. The van der Waals surface area contributed by atoms with Gasteiger partial charge in [0.25, 0.3) is 0 Å². The van der Waals surface area contributed by atoms with Crippen LogP contribution in [0.4, 0.5) is 0 Å². The van der Waals surface area contributed by atoms with Crippen LogP contribution in [-0.4, -0.2) is 97.3 Å². The Morgan fingerprint density at radius 2 is 1.67 bits per heavy atom. The van der Waals surface area contributed by atoms with Gasteiger partial charge in [-0.15, -0.1) is 0 Å². The summed E-state index contributed by atoms with van der Waals surface area (Å²) in [4.78, 5) is 55.8. The molecule has 0 saturated carbocycles. The number of aliphatic hydroxyl groups excluding tert-OH is 5. The highest BCUT2D eigenvalue weighted by atomic mass is 16.7. The number of nitrogens with two attached hydrogens (primary N) is 3. The number of ether oxygens (including phenoxy) is 3. The molecule has 12 N–H and O–H groups in total. The minimum atomic E-state index is -1.90. The van der Waals surface area contributed by atoms with Crippen LogP contribution in [0.3, 0.4) is 0 Å². The summed E-state index contributed by atoms with van der Waals surface area (Å²) >= 11 is 0. The van der Waals surface area contributed by atoms with Crippen molar-refractivity contribution in [2.75, 3.05) is 0 Å². The molecule has 7 atom stereocenters. The Kier molecular flexibility index (Phi) is 13.6. The van der Waals surface area contributed by atoms with Gasteiger partial charge in [-0.25, -0.2) is 0 Å². The molecule has 1 fully saturated rings. The monoisotopic (exact) mass is 875 g/mol. The van der Waals surface area contributed by atoms with Crippen molar-refractivity contribution in [3.05, 3.63) is 121 Å². The maximum Gasteiger partial charge on any atom is 0.308 e. The van der Waals surface area contributed by atoms with Gasteiger partial charge in [-0.2, -0.15) is 0 Å². The van der Waals surface area contributed by atoms with Gasteiger partial charge in [-0.3, -0.25) is 19.2 Å². The van der Waals surface area contributed by atoms with Crippen LogP contribution in [0.1, 0.15) is 120 Å². The maximum absolute atomic E-state index is 15.5. The van der Waals surface area contributed by atoms with E-state index in [0.29, 0.717) is 11.8 Å². The van der Waals surface area contributed by atoms with Crippen molar-refractivity contribution >= 4 is 36.0 Å². The molecule has 1 saturated heterocycles. The number of carbonyl (C=O) groups is 4. The third-order valence-corrected chi connectivity index (χ3v) is 11.7. The standard InChI is InChI=1S/C48H49N3O13/c1-22-40(56)44(60)45(61)48(62-22)64-46-32-11-5-9-28(49)13-14-29(55)17-25-7-3-6-24(16-25)12-15-31-35(63-23(2)54)19-27(20-52)36-37(31)43(59)38(32)39(42(36)58)41(57)33(46)18-26-8-4-10-30(47(50)51)34(26)21-53/h3-4,6-8,10,12,15-16,19,21-22,28-29,40,44-45,47-48,52,55-57,60-61H,11,13-14,17-18,20,49-51H2,1-2H3/b15-12+/t22-,28-,29+,40+,44+,45+,48+/m0/s1. The Hall–Kier alpha value is -6.10. The molecule has 334 valence electrons. The Morgan fingerprint density at radius 3 is 2.38 bits per heavy atom. The fourth-order valence-electron chi connectivity index (χ4n) is 8.50. The number of esters is 1. The van der Waals surface area contributed by atoms with Crippen molar-refractivity contribution in [2.45, 2.75) is 102 Å². The van der Waals surface area contributed by atoms with Gasteiger partial charge in [0, 0.05) is 58.7 Å². The zero-order valence-corrected chi connectivity index (χ0v) is 35.0. The van der Waals surface area contributed by atoms with Crippen LogP contribution >= 0.6 is 0 Å². The number of aliphatic hydroxyl groups is 5. The smallest absolute Gasteiger partial charge is 0.308 e. The van der Waals surface area contributed by atoms with E-state index in [2.05, 4.69) is 11.8 Å². The first-order chi connectivity index (χ1) is 30.5. The average molecular weight is 876 g/mol. The highest BCUT2D eigenvalue weighted by Gasteiger charge is 2.46. The van der Waals surface area contributed by atoms with Gasteiger partial charge in [-0.05, 0) is 66.1 Å². The van der Waals surface area contributed by atoms with Gasteiger partial charge in [-0.1, -0.05) is 60.4 Å². The van der Waals surface area contributed by atoms with Crippen molar-refractivity contribution in [1.29, 1.82) is 0 Å². The molecule has 1 heterocycles. The molecular formula is C48H49N3O13. The van der Waals surface area contributed by atoms with E-state index >= 15 is 9.59 Å². The van der Waals surface area contributed by atoms with Gasteiger partial charge in [0.1, 0.15) is 35.6 Å². The summed E-state index contributed by atoms with van der Waals surface area (Å²) in [5.74, 6) is 2.07. The highest BCUT2D eigenvalue weighted by molar-refractivity contribution is 6.32. The number of fused-ring (bicyclic) bond motifs is 2. The molecule has 0 spiro atoms. The topological polar surface area (TPSA) is 295 Å². The van der Waals surface area contributed by atoms with Crippen molar-refractivity contribution in [3.8, 4) is 29.1 Å². The Balaban J connectivity index is 1.58. The molecule has 0 radical (unpaired) electrons. The lowest BCUT2D eigenvalue weighted by Crippen LogP contribution is -2.58. The largest absolute Gasteiger partial charge is 0.507 e. The predicted octanol–water partition coefficient (Wildman–Crippen LogP) is 1.85. The van der Waals surface area contributed by atoms with Crippen LogP contribution < -0.4 is 26.7 Å². The Bertz CT molecular complexity index is 2630. The Labute approximate surface area is 367 Å². The molecule has 3 aliphatic rings. The van der Waals surface area contributed by atoms with Gasteiger partial charge in [0.2, 0.25) is 6.29 Å². The molecule has 4 aromatic carbocycles. The summed E-state index contributed by atoms with van der Waals surface area (Å²) in [6.07, 6.45) is -6.30. The third kappa shape index (κ3) is 8.86. The van der Waals surface area contributed by atoms with Gasteiger partial charge in [0.05, 0.1) is 36.6 Å². The van der Waals surface area contributed by atoms with Gasteiger partial charge in [0.15, 0.2) is 17.9 Å². The minimum absolute atomic E-state index is 0.0226. The van der Waals surface area contributed by atoms with Crippen molar-refractivity contribution < 1.29 is 64.0 Å². The first kappa shape index (κ1) is 45.9. The Morgan fingerprint density at radius 1 is 0.938 bits per heavy atom. The molecular weight excluding hydrogens is 827 g/mol. The number of aromatic hydroxyl groups is 1. The van der Waals surface area contributed by atoms with E-state index < -0.39 is 96.5 Å². The summed E-state index contributed by atoms with van der Waals surface area (Å²) in [5.41, 5.74) is 18.5. The first-order valence-electron chi connectivity index (χ1n) is 20.7. The molecule has 64 heavy (non-hydrogen) atoms. The molecule has 0 unspecified atom stereocenters. The number of hydrogen-bond acceptors (Lipinski definition) is 16. The summed E-state index contributed by atoms with van der Waals surface area (Å²) in [6.45, 7) is 1.76. The molecule has 0 aromatic heterocycles. The average Bonchev–Trinajstić information content (AvgIpc) is 3.26. The molecule has 4 bridgehead atoms. The van der Waals surface area contributed by atoms with Crippen molar-refractivity contribution in [3.63, 3.8) is 0 Å². The lowest BCUT2D eigenvalue weighted by atomic mass is 9.75. The van der Waals surface area contributed by atoms with E-state index in [9.17, 15) is 40.2 Å². The van der Waals surface area contributed by atoms with Crippen LogP contribution in [0.15, 0.2) is 48.5 Å². The van der Waals surface area contributed by atoms with E-state index in [1.165, 1.54) is 25.1 Å². The highest BCUT2D eigenvalue weighted by Crippen LogP contribution is 2.48. The lowest BCUT2D eigenvalue weighted by Gasteiger charge is -2.39. The number of carbonyl (C=O) groups excluding carboxylic acids is 4. The zero-order chi connectivity index (χ0) is 46.1. The summed E-state index contributed by atoms with van der Waals surface area (Å²) < 4.78 is 17.8. The van der Waals surface area contributed by atoms with Crippen molar-refractivity contribution in [1.82, 2.24) is 0 Å². The SMILES string of the molecule is CC(=O)Oc1cc(CO)c2c3c1/C=C/c1cccc(c1)C[C@H](O)CC[C@@H](N)C#CCc1c(O[C@H]4O[C@@H](C)[C@@H](O)[C@@H](O)[C@H]4O)c(Cc4cccc(C(N)N)c4C=O)c(O)c(c1C3=O)C2=O. The number of aldehydes is 1. The van der Waals surface area contributed by atoms with Crippen LogP contribution in [0, 0.1) is 11.8 Å². The molecule has 4 aromatic rings. The number of benzene rings is 4. The maximum atomic E-state index is 15.5. The molecule has 2 aliphatic carbocycles. The summed E-state index contributed by atoms with van der Waals surface area (Å²) in [6, 6.07) is 12.3. The normalized spacial score (nSPS) is 23.6. The molecule has 0 amide bonds. The molecule has 16 heteroatoms. The number of hydrogen-bond donors (Lipinski definition) is 9. The van der Waals surface area contributed by atoms with Crippen LogP contribution in [0.2, 0.25) is 0 Å². The number of ketones is 2. The summed E-state index contributed by atoms with van der Waals surface area (Å²) in [5, 5.41) is 66.8. The second kappa shape index (κ2) is 18.9. The predicted molar refractivity (Wildman–Crippen MR) is 231 cm³/mol. The van der Waals surface area contributed by atoms with Crippen LogP contribution in [0.5, 0.6) is 17.2 Å². The number of phenols is 1.